The van der Waals surface area contributed by atoms with E-state index in [1.807, 2.05) is 45.0 Å². The molecule has 0 aliphatic carbocycles. The number of nitrogens with two attached hydrogens (primary N) is 1. The number of rotatable bonds is 2. The molecular formula is C15H22N2O2. The number of esters is 1. The fourth-order valence-corrected chi connectivity index (χ4v) is 2.39. The van der Waals surface area contributed by atoms with Crippen molar-refractivity contribution in [1.82, 2.24) is 0 Å². The fraction of sp³-hybridized carbons (Fsp3) is 0.533. The normalized spacial score (nSPS) is 19.5. The Labute approximate surface area is 114 Å². The summed E-state index contributed by atoms with van der Waals surface area (Å²) in [5.74, 6) is -0.146. The molecule has 2 N–H and O–H groups in total. The number of carbonyl (C=O) groups is 1. The van der Waals surface area contributed by atoms with Gasteiger partial charge < -0.3 is 15.4 Å². The number of nitrogens with zero attached hydrogens (tertiary/aromatic N) is 1. The van der Waals surface area contributed by atoms with Gasteiger partial charge in [0.15, 0.2) is 0 Å². The number of nitrogen functional groups attached to an aromatic ring is 1. The van der Waals surface area contributed by atoms with Crippen LogP contribution in [-0.2, 0) is 9.53 Å². The lowest BCUT2D eigenvalue weighted by Gasteiger charge is -2.28. The largest absolute Gasteiger partial charge is 0.458 e. The molecule has 0 amide bonds. The molecule has 1 saturated heterocycles. The van der Waals surface area contributed by atoms with Crippen molar-refractivity contribution in [3.8, 4) is 0 Å². The number of hydrogen-bond donors (Lipinski definition) is 1. The van der Waals surface area contributed by atoms with Gasteiger partial charge in [0, 0.05) is 17.9 Å². The Hall–Kier alpha value is -1.71. The minimum Gasteiger partial charge on any atom is -0.458 e. The molecule has 104 valence electrons. The number of ether oxygens (including phenoxy) is 1. The molecule has 1 aromatic rings. The zero-order valence-corrected chi connectivity index (χ0v) is 11.8. The van der Waals surface area contributed by atoms with Crippen molar-refractivity contribution >= 4 is 17.3 Å². The maximum atomic E-state index is 12.2. The van der Waals surface area contributed by atoms with Gasteiger partial charge in [-0.1, -0.05) is 6.07 Å². The first kappa shape index (κ1) is 13.7. The topological polar surface area (TPSA) is 55.6 Å². The minimum absolute atomic E-state index is 0.146. The third kappa shape index (κ3) is 3.40. The van der Waals surface area contributed by atoms with Crippen LogP contribution in [0, 0.1) is 0 Å². The molecule has 1 heterocycles. The Morgan fingerprint density at radius 3 is 2.79 bits per heavy atom. The molecule has 4 heteroatoms. The summed E-state index contributed by atoms with van der Waals surface area (Å²) in [5, 5.41) is 0. The van der Waals surface area contributed by atoms with Crippen molar-refractivity contribution in [2.75, 3.05) is 17.2 Å². The second-order valence-electron chi connectivity index (χ2n) is 5.98. The highest BCUT2D eigenvalue weighted by molar-refractivity contribution is 5.81. The predicted octanol–water partition coefficient (Wildman–Crippen LogP) is 2.58. The van der Waals surface area contributed by atoms with E-state index in [1.165, 1.54) is 0 Å². The van der Waals surface area contributed by atoms with Crippen LogP contribution in [0.2, 0.25) is 0 Å². The van der Waals surface area contributed by atoms with Crippen molar-refractivity contribution in [2.45, 2.75) is 45.3 Å². The minimum atomic E-state index is -0.443. The molecule has 0 saturated carbocycles. The van der Waals surface area contributed by atoms with Crippen molar-refractivity contribution in [2.24, 2.45) is 0 Å². The smallest absolute Gasteiger partial charge is 0.329 e. The van der Waals surface area contributed by atoms with Crippen LogP contribution in [0.1, 0.15) is 33.6 Å². The van der Waals surface area contributed by atoms with E-state index in [9.17, 15) is 4.79 Å². The average molecular weight is 262 g/mol. The fourth-order valence-electron chi connectivity index (χ4n) is 2.39. The molecule has 19 heavy (non-hydrogen) atoms. The highest BCUT2D eigenvalue weighted by atomic mass is 16.6. The quantitative estimate of drug-likeness (QED) is 0.657. The molecule has 1 aromatic carbocycles. The van der Waals surface area contributed by atoms with E-state index in [2.05, 4.69) is 4.90 Å². The zero-order chi connectivity index (χ0) is 14.0. The molecule has 0 aromatic heterocycles. The first-order chi connectivity index (χ1) is 8.87. The summed E-state index contributed by atoms with van der Waals surface area (Å²) < 4.78 is 5.49. The summed E-state index contributed by atoms with van der Waals surface area (Å²) in [5.41, 5.74) is 7.07. The van der Waals surface area contributed by atoms with Gasteiger partial charge in [0.1, 0.15) is 11.6 Å². The Kier molecular flexibility index (Phi) is 3.69. The molecule has 0 spiro atoms. The molecule has 1 aliphatic heterocycles. The van der Waals surface area contributed by atoms with Gasteiger partial charge in [-0.15, -0.1) is 0 Å². The SMILES string of the molecule is CC(C)(C)OC(=O)[C@@H]1CCCN1c1cccc(N)c1. The summed E-state index contributed by atoms with van der Waals surface area (Å²) in [6.45, 7) is 6.55. The molecule has 1 fully saturated rings. The summed E-state index contributed by atoms with van der Waals surface area (Å²) in [6.07, 6.45) is 1.84. The van der Waals surface area contributed by atoms with Gasteiger partial charge in [0.05, 0.1) is 0 Å². The molecule has 1 aliphatic rings. The molecular weight excluding hydrogens is 240 g/mol. The zero-order valence-electron chi connectivity index (χ0n) is 11.8. The van der Waals surface area contributed by atoms with Crippen LogP contribution < -0.4 is 10.6 Å². The Morgan fingerprint density at radius 1 is 1.42 bits per heavy atom. The van der Waals surface area contributed by atoms with Crippen molar-refractivity contribution in [3.63, 3.8) is 0 Å². The van der Waals surface area contributed by atoms with Gasteiger partial charge in [0.2, 0.25) is 0 Å². The standard InChI is InChI=1S/C15H22N2O2/c1-15(2,3)19-14(18)13-8-5-9-17(13)12-7-4-6-11(16)10-12/h4,6-7,10,13H,5,8-9,16H2,1-3H3/t13-/m0/s1. The summed E-state index contributed by atoms with van der Waals surface area (Å²) in [6, 6.07) is 7.46. The number of carbonyl (C=O) groups excluding carboxylic acids is 1. The van der Waals surface area contributed by atoms with Gasteiger partial charge in [0.25, 0.3) is 0 Å². The van der Waals surface area contributed by atoms with E-state index in [1.54, 1.807) is 0 Å². The molecule has 2 rings (SSSR count). The summed E-state index contributed by atoms with van der Waals surface area (Å²) in [7, 11) is 0. The van der Waals surface area contributed by atoms with Crippen LogP contribution in [0.3, 0.4) is 0 Å². The molecule has 0 radical (unpaired) electrons. The number of benzene rings is 1. The van der Waals surface area contributed by atoms with Crippen LogP contribution in [0.25, 0.3) is 0 Å². The van der Waals surface area contributed by atoms with Crippen molar-refractivity contribution in [1.29, 1.82) is 0 Å². The number of hydrogen-bond acceptors (Lipinski definition) is 4. The first-order valence-electron chi connectivity index (χ1n) is 6.72. The Balaban J connectivity index is 2.15. The average Bonchev–Trinajstić information content (AvgIpc) is 2.75. The van der Waals surface area contributed by atoms with E-state index in [-0.39, 0.29) is 12.0 Å². The number of anilines is 2. The Bertz CT molecular complexity index is 465. The van der Waals surface area contributed by atoms with E-state index < -0.39 is 5.60 Å². The van der Waals surface area contributed by atoms with Crippen LogP contribution in [-0.4, -0.2) is 24.2 Å². The van der Waals surface area contributed by atoms with E-state index >= 15 is 0 Å². The lowest BCUT2D eigenvalue weighted by Crippen LogP contribution is -2.40. The van der Waals surface area contributed by atoms with E-state index in [4.69, 9.17) is 10.5 Å². The van der Waals surface area contributed by atoms with Gasteiger partial charge in [-0.05, 0) is 51.8 Å². The monoisotopic (exact) mass is 262 g/mol. The van der Waals surface area contributed by atoms with Crippen LogP contribution in [0.5, 0.6) is 0 Å². The lowest BCUT2D eigenvalue weighted by atomic mass is 10.1. The van der Waals surface area contributed by atoms with Crippen molar-refractivity contribution < 1.29 is 9.53 Å². The van der Waals surface area contributed by atoms with Gasteiger partial charge >= 0.3 is 5.97 Å². The van der Waals surface area contributed by atoms with E-state index in [0.717, 1.165) is 25.1 Å². The molecule has 0 bridgehead atoms. The molecule has 4 nitrogen and oxygen atoms in total. The second kappa shape index (κ2) is 5.11. The molecule has 0 unspecified atom stereocenters. The van der Waals surface area contributed by atoms with Gasteiger partial charge in [-0.2, -0.15) is 0 Å². The lowest BCUT2D eigenvalue weighted by molar-refractivity contribution is -0.156. The second-order valence-corrected chi connectivity index (χ2v) is 5.98. The third-order valence-electron chi connectivity index (χ3n) is 3.13. The van der Waals surface area contributed by atoms with Crippen LogP contribution in [0.4, 0.5) is 11.4 Å². The van der Waals surface area contributed by atoms with Crippen LogP contribution >= 0.6 is 0 Å². The molecule has 1 atom stereocenters. The summed E-state index contributed by atoms with van der Waals surface area (Å²) in [4.78, 5) is 14.3. The first-order valence-corrected chi connectivity index (χ1v) is 6.72. The maximum Gasteiger partial charge on any atom is 0.329 e. The third-order valence-corrected chi connectivity index (χ3v) is 3.13. The highest BCUT2D eigenvalue weighted by Gasteiger charge is 2.34. The Morgan fingerprint density at radius 2 is 2.16 bits per heavy atom. The van der Waals surface area contributed by atoms with E-state index in [0.29, 0.717) is 5.69 Å². The summed E-state index contributed by atoms with van der Waals surface area (Å²) >= 11 is 0. The van der Waals surface area contributed by atoms with Gasteiger partial charge in [-0.3, -0.25) is 0 Å². The van der Waals surface area contributed by atoms with Crippen LogP contribution in [0.15, 0.2) is 24.3 Å². The predicted molar refractivity (Wildman–Crippen MR) is 77.1 cm³/mol. The van der Waals surface area contributed by atoms with Gasteiger partial charge in [-0.25, -0.2) is 4.79 Å². The van der Waals surface area contributed by atoms with Crippen molar-refractivity contribution in [3.05, 3.63) is 24.3 Å². The maximum absolute atomic E-state index is 12.2. The highest BCUT2D eigenvalue weighted by Crippen LogP contribution is 2.28.